The van der Waals surface area contributed by atoms with Crippen LogP contribution in [-0.2, 0) is 4.74 Å². The van der Waals surface area contributed by atoms with Crippen LogP contribution in [0.1, 0.15) is 0 Å². The average molecular weight is 114 g/mol. The minimum atomic E-state index is 0.504. The second-order valence-electron chi connectivity index (χ2n) is 1.83. The molecule has 0 bridgehead atoms. The monoisotopic (exact) mass is 114 g/mol. The van der Waals surface area contributed by atoms with Gasteiger partial charge in [0.15, 0.2) is 6.73 Å². The van der Waals surface area contributed by atoms with Gasteiger partial charge in [-0.25, -0.2) is 0 Å². The summed E-state index contributed by atoms with van der Waals surface area (Å²) in [6, 6.07) is 0. The summed E-state index contributed by atoms with van der Waals surface area (Å²) in [4.78, 5) is 1.95. The van der Waals surface area contributed by atoms with E-state index in [1.54, 1.807) is 0 Å². The molecule has 0 radical (unpaired) electrons. The standard InChI is InChI=1S/C5H10N2O/c1-7-3-5(2-6)8-4-7/h3H,2,4,6H2,1H3. The summed E-state index contributed by atoms with van der Waals surface area (Å²) in [5.41, 5.74) is 5.28. The molecule has 46 valence electrons. The normalized spacial score (nSPS) is 18.2. The van der Waals surface area contributed by atoms with Crippen LogP contribution in [0.5, 0.6) is 0 Å². The second-order valence-corrected chi connectivity index (χ2v) is 1.83. The van der Waals surface area contributed by atoms with Gasteiger partial charge in [0.25, 0.3) is 0 Å². The predicted molar refractivity (Wildman–Crippen MR) is 30.9 cm³/mol. The number of hydrogen-bond donors (Lipinski definition) is 1. The quantitative estimate of drug-likeness (QED) is 0.509. The van der Waals surface area contributed by atoms with Gasteiger partial charge in [0, 0.05) is 13.2 Å². The first-order chi connectivity index (χ1) is 3.83. The van der Waals surface area contributed by atoms with E-state index in [2.05, 4.69) is 0 Å². The summed E-state index contributed by atoms with van der Waals surface area (Å²) in [5.74, 6) is 0.868. The Hall–Kier alpha value is -0.700. The highest BCUT2D eigenvalue weighted by Gasteiger charge is 2.05. The fraction of sp³-hybridized carbons (Fsp3) is 0.600. The molecule has 0 saturated carbocycles. The summed E-state index contributed by atoms with van der Waals surface area (Å²) >= 11 is 0. The Morgan fingerprint density at radius 3 is 3.00 bits per heavy atom. The Labute approximate surface area is 48.7 Å². The minimum absolute atomic E-state index is 0.504. The van der Waals surface area contributed by atoms with Gasteiger partial charge in [0.05, 0.1) is 6.54 Å². The molecule has 3 heteroatoms. The maximum Gasteiger partial charge on any atom is 0.160 e. The highest BCUT2D eigenvalue weighted by molar-refractivity contribution is 4.96. The third kappa shape index (κ3) is 0.924. The summed E-state index contributed by atoms with van der Waals surface area (Å²) in [7, 11) is 1.95. The van der Waals surface area contributed by atoms with Crippen molar-refractivity contribution < 1.29 is 4.74 Å². The SMILES string of the molecule is CN1C=C(CN)OC1. The van der Waals surface area contributed by atoms with Crippen LogP contribution in [0.2, 0.25) is 0 Å². The Morgan fingerprint density at radius 1 is 2.00 bits per heavy atom. The predicted octanol–water partition coefficient (Wildman–Crippen LogP) is -0.294. The average Bonchev–Trinajstić information content (AvgIpc) is 2.14. The van der Waals surface area contributed by atoms with E-state index >= 15 is 0 Å². The zero-order valence-corrected chi connectivity index (χ0v) is 4.92. The largest absolute Gasteiger partial charge is 0.475 e. The van der Waals surface area contributed by atoms with Gasteiger partial charge >= 0.3 is 0 Å². The van der Waals surface area contributed by atoms with Crippen molar-refractivity contribution in [2.45, 2.75) is 0 Å². The summed E-state index contributed by atoms with van der Waals surface area (Å²) < 4.78 is 5.08. The van der Waals surface area contributed by atoms with E-state index in [9.17, 15) is 0 Å². The first kappa shape index (κ1) is 5.44. The number of nitrogens with two attached hydrogens (primary N) is 1. The van der Waals surface area contributed by atoms with Crippen molar-refractivity contribution in [3.8, 4) is 0 Å². The minimum Gasteiger partial charge on any atom is -0.475 e. The Morgan fingerprint density at radius 2 is 2.75 bits per heavy atom. The van der Waals surface area contributed by atoms with E-state index < -0.39 is 0 Å². The van der Waals surface area contributed by atoms with Crippen LogP contribution in [0.25, 0.3) is 0 Å². The lowest BCUT2D eigenvalue weighted by atomic mass is 10.5. The number of hydrogen-bond acceptors (Lipinski definition) is 3. The molecule has 0 aromatic carbocycles. The lowest BCUT2D eigenvalue weighted by molar-refractivity contribution is 0.168. The van der Waals surface area contributed by atoms with E-state index in [0.717, 1.165) is 5.76 Å². The fourth-order valence-corrected chi connectivity index (χ4v) is 0.617. The van der Waals surface area contributed by atoms with E-state index in [1.165, 1.54) is 0 Å². The van der Waals surface area contributed by atoms with Gasteiger partial charge in [0.2, 0.25) is 0 Å². The van der Waals surface area contributed by atoms with Crippen LogP contribution in [0, 0.1) is 0 Å². The maximum absolute atomic E-state index is 5.28. The van der Waals surface area contributed by atoms with Crippen LogP contribution >= 0.6 is 0 Å². The molecule has 0 unspecified atom stereocenters. The van der Waals surface area contributed by atoms with Crippen molar-refractivity contribution in [3.05, 3.63) is 12.0 Å². The molecule has 1 aliphatic heterocycles. The lowest BCUT2D eigenvalue weighted by Gasteiger charge is -2.01. The van der Waals surface area contributed by atoms with Crippen molar-refractivity contribution in [3.63, 3.8) is 0 Å². The van der Waals surface area contributed by atoms with Gasteiger partial charge in [0.1, 0.15) is 5.76 Å². The zero-order chi connectivity index (χ0) is 5.98. The van der Waals surface area contributed by atoms with Crippen LogP contribution in [0.15, 0.2) is 12.0 Å². The first-order valence-electron chi connectivity index (χ1n) is 2.56. The molecule has 8 heavy (non-hydrogen) atoms. The number of ether oxygens (including phenoxy) is 1. The van der Waals surface area contributed by atoms with Crippen molar-refractivity contribution >= 4 is 0 Å². The molecule has 0 aromatic rings. The molecule has 0 spiro atoms. The van der Waals surface area contributed by atoms with Crippen molar-refractivity contribution in [2.75, 3.05) is 20.3 Å². The molecule has 3 nitrogen and oxygen atoms in total. The molecule has 0 aromatic heterocycles. The van der Waals surface area contributed by atoms with Crippen molar-refractivity contribution in [1.82, 2.24) is 4.90 Å². The van der Waals surface area contributed by atoms with Crippen LogP contribution in [0.4, 0.5) is 0 Å². The third-order valence-corrected chi connectivity index (χ3v) is 1.02. The molecule has 0 fully saturated rings. The highest BCUT2D eigenvalue weighted by atomic mass is 16.5. The highest BCUT2D eigenvalue weighted by Crippen LogP contribution is 2.05. The van der Waals surface area contributed by atoms with Crippen molar-refractivity contribution in [2.24, 2.45) is 5.73 Å². The van der Waals surface area contributed by atoms with Gasteiger partial charge in [-0.3, -0.25) is 0 Å². The van der Waals surface area contributed by atoms with E-state index in [0.29, 0.717) is 13.3 Å². The van der Waals surface area contributed by atoms with Crippen LogP contribution < -0.4 is 5.73 Å². The molecule has 0 atom stereocenters. The van der Waals surface area contributed by atoms with Gasteiger partial charge < -0.3 is 15.4 Å². The summed E-state index contributed by atoms with van der Waals surface area (Å²) in [5, 5.41) is 0. The Bertz CT molecular complexity index is 111. The Balaban J connectivity index is 2.44. The molecular weight excluding hydrogens is 104 g/mol. The molecule has 1 heterocycles. The summed E-state index contributed by atoms with van der Waals surface area (Å²) in [6.07, 6.45) is 1.90. The molecule has 0 aliphatic carbocycles. The van der Waals surface area contributed by atoms with E-state index in [-0.39, 0.29) is 0 Å². The molecule has 2 N–H and O–H groups in total. The third-order valence-electron chi connectivity index (χ3n) is 1.02. The number of rotatable bonds is 1. The fourth-order valence-electron chi connectivity index (χ4n) is 0.617. The van der Waals surface area contributed by atoms with Crippen LogP contribution in [-0.4, -0.2) is 25.2 Å². The van der Waals surface area contributed by atoms with Gasteiger partial charge in [-0.2, -0.15) is 0 Å². The molecule has 1 aliphatic rings. The van der Waals surface area contributed by atoms with Crippen molar-refractivity contribution in [1.29, 1.82) is 0 Å². The molecule has 1 rings (SSSR count). The topological polar surface area (TPSA) is 38.5 Å². The lowest BCUT2D eigenvalue weighted by Crippen LogP contribution is -2.06. The molecule has 0 saturated heterocycles. The molecular formula is C5H10N2O. The molecule has 0 amide bonds. The van der Waals surface area contributed by atoms with Gasteiger partial charge in [-0.05, 0) is 0 Å². The van der Waals surface area contributed by atoms with E-state index in [4.69, 9.17) is 10.5 Å². The summed E-state index contributed by atoms with van der Waals surface area (Å²) in [6.45, 7) is 1.15. The van der Waals surface area contributed by atoms with Crippen LogP contribution in [0.3, 0.4) is 0 Å². The first-order valence-corrected chi connectivity index (χ1v) is 2.56. The number of nitrogens with zero attached hydrogens (tertiary/aromatic N) is 1. The maximum atomic E-state index is 5.28. The van der Waals surface area contributed by atoms with Gasteiger partial charge in [-0.15, -0.1) is 0 Å². The smallest absolute Gasteiger partial charge is 0.160 e. The zero-order valence-electron chi connectivity index (χ0n) is 4.92. The van der Waals surface area contributed by atoms with E-state index in [1.807, 2.05) is 18.1 Å². The Kier molecular flexibility index (Phi) is 1.39. The van der Waals surface area contributed by atoms with Gasteiger partial charge in [-0.1, -0.05) is 0 Å². The second kappa shape index (κ2) is 2.05.